The van der Waals surface area contributed by atoms with E-state index >= 15 is 0 Å². The lowest BCUT2D eigenvalue weighted by Gasteiger charge is -2.40. The zero-order valence-corrected chi connectivity index (χ0v) is 8.15. The van der Waals surface area contributed by atoms with Crippen molar-refractivity contribution in [2.24, 2.45) is 17.8 Å². The van der Waals surface area contributed by atoms with Crippen LogP contribution in [0.4, 0.5) is 0 Å². The van der Waals surface area contributed by atoms with E-state index in [2.05, 4.69) is 0 Å². The van der Waals surface area contributed by atoms with Crippen LogP contribution in [0.15, 0.2) is 0 Å². The van der Waals surface area contributed by atoms with Crippen LogP contribution in [0, 0.1) is 17.8 Å². The standard InChI is InChI=1S/C11H20O2/c12-7-8-1-2-10-6-11(13)4-3-9(10)5-8/h8-13H,1-7H2. The summed E-state index contributed by atoms with van der Waals surface area (Å²) in [6, 6.07) is 0. The Bertz CT molecular complexity index is 169. The molecule has 0 radical (unpaired) electrons. The second-order valence-electron chi connectivity index (χ2n) is 4.85. The molecule has 0 bridgehead atoms. The van der Waals surface area contributed by atoms with E-state index < -0.39 is 0 Å². The minimum atomic E-state index is -0.0353. The summed E-state index contributed by atoms with van der Waals surface area (Å²) in [5, 5.41) is 18.6. The van der Waals surface area contributed by atoms with Gasteiger partial charge in [-0.1, -0.05) is 0 Å². The maximum absolute atomic E-state index is 9.52. The van der Waals surface area contributed by atoms with Crippen LogP contribution in [0.3, 0.4) is 0 Å². The fourth-order valence-corrected chi connectivity index (χ4v) is 3.13. The van der Waals surface area contributed by atoms with Gasteiger partial charge in [-0.2, -0.15) is 0 Å². The molecule has 2 fully saturated rings. The van der Waals surface area contributed by atoms with Crippen LogP contribution in [-0.2, 0) is 0 Å². The summed E-state index contributed by atoms with van der Waals surface area (Å²) < 4.78 is 0. The smallest absolute Gasteiger partial charge is 0.0543 e. The third-order valence-corrected chi connectivity index (χ3v) is 3.95. The maximum atomic E-state index is 9.52. The molecular weight excluding hydrogens is 164 g/mol. The Morgan fingerprint density at radius 2 is 1.62 bits per heavy atom. The number of aliphatic hydroxyl groups is 2. The summed E-state index contributed by atoms with van der Waals surface area (Å²) in [6.07, 6.45) is 6.75. The molecule has 2 heteroatoms. The molecule has 4 atom stereocenters. The zero-order chi connectivity index (χ0) is 9.26. The molecule has 0 aromatic carbocycles. The first kappa shape index (κ1) is 9.47. The van der Waals surface area contributed by atoms with Crippen LogP contribution in [-0.4, -0.2) is 22.9 Å². The summed E-state index contributed by atoms with van der Waals surface area (Å²) >= 11 is 0. The third kappa shape index (κ3) is 2.05. The van der Waals surface area contributed by atoms with Crippen molar-refractivity contribution >= 4 is 0 Å². The van der Waals surface area contributed by atoms with E-state index in [1.54, 1.807) is 0 Å². The molecule has 0 aliphatic heterocycles. The molecule has 0 amide bonds. The topological polar surface area (TPSA) is 40.5 Å². The summed E-state index contributed by atoms with van der Waals surface area (Å²) in [7, 11) is 0. The number of rotatable bonds is 1. The number of fused-ring (bicyclic) bond motifs is 1. The molecule has 2 saturated carbocycles. The van der Waals surface area contributed by atoms with Gasteiger partial charge in [-0.05, 0) is 56.3 Å². The van der Waals surface area contributed by atoms with Gasteiger partial charge in [-0.3, -0.25) is 0 Å². The van der Waals surface area contributed by atoms with Crippen molar-refractivity contribution in [3.05, 3.63) is 0 Å². The van der Waals surface area contributed by atoms with Crippen molar-refractivity contribution in [1.29, 1.82) is 0 Å². The molecule has 0 spiro atoms. The molecule has 0 saturated heterocycles. The molecule has 0 aromatic heterocycles. The Balaban J connectivity index is 1.90. The molecule has 76 valence electrons. The van der Waals surface area contributed by atoms with Crippen LogP contribution in [0.2, 0.25) is 0 Å². The highest BCUT2D eigenvalue weighted by Crippen LogP contribution is 2.42. The third-order valence-electron chi connectivity index (χ3n) is 3.95. The van der Waals surface area contributed by atoms with Crippen LogP contribution in [0.5, 0.6) is 0 Å². The lowest BCUT2D eigenvalue weighted by Crippen LogP contribution is -2.33. The van der Waals surface area contributed by atoms with E-state index in [9.17, 15) is 5.11 Å². The highest BCUT2D eigenvalue weighted by Gasteiger charge is 2.34. The molecule has 13 heavy (non-hydrogen) atoms. The van der Waals surface area contributed by atoms with Crippen molar-refractivity contribution in [2.75, 3.05) is 6.61 Å². The average Bonchev–Trinajstić information content (AvgIpc) is 2.17. The SMILES string of the molecule is OCC1CCC2CC(O)CCC2C1. The van der Waals surface area contributed by atoms with Crippen LogP contribution < -0.4 is 0 Å². The fraction of sp³-hybridized carbons (Fsp3) is 1.00. The van der Waals surface area contributed by atoms with Gasteiger partial charge in [0.05, 0.1) is 6.10 Å². The van der Waals surface area contributed by atoms with Crippen molar-refractivity contribution in [3.8, 4) is 0 Å². The minimum absolute atomic E-state index is 0.0353. The average molecular weight is 184 g/mol. The van der Waals surface area contributed by atoms with E-state index in [1.165, 1.54) is 25.7 Å². The van der Waals surface area contributed by atoms with Crippen molar-refractivity contribution in [1.82, 2.24) is 0 Å². The Hall–Kier alpha value is -0.0800. The quantitative estimate of drug-likeness (QED) is 0.649. The monoisotopic (exact) mass is 184 g/mol. The maximum Gasteiger partial charge on any atom is 0.0543 e. The zero-order valence-electron chi connectivity index (χ0n) is 8.15. The highest BCUT2D eigenvalue weighted by molar-refractivity contribution is 4.85. The second-order valence-corrected chi connectivity index (χ2v) is 4.85. The molecule has 2 aliphatic carbocycles. The molecular formula is C11H20O2. The van der Waals surface area contributed by atoms with Crippen LogP contribution in [0.25, 0.3) is 0 Å². The Morgan fingerprint density at radius 1 is 0.923 bits per heavy atom. The van der Waals surface area contributed by atoms with Gasteiger partial charge >= 0.3 is 0 Å². The summed E-state index contributed by atoms with van der Waals surface area (Å²) in [6.45, 7) is 0.367. The van der Waals surface area contributed by atoms with Gasteiger partial charge in [-0.15, -0.1) is 0 Å². The molecule has 0 heterocycles. The molecule has 2 nitrogen and oxygen atoms in total. The largest absolute Gasteiger partial charge is 0.396 e. The lowest BCUT2D eigenvalue weighted by atomic mass is 9.67. The highest BCUT2D eigenvalue weighted by atomic mass is 16.3. The van der Waals surface area contributed by atoms with E-state index in [-0.39, 0.29) is 6.10 Å². The van der Waals surface area contributed by atoms with E-state index in [0.29, 0.717) is 12.5 Å². The normalized spacial score (nSPS) is 45.7. The van der Waals surface area contributed by atoms with Crippen molar-refractivity contribution < 1.29 is 10.2 Å². The van der Waals surface area contributed by atoms with Gasteiger partial charge in [0.25, 0.3) is 0 Å². The number of hydrogen-bond acceptors (Lipinski definition) is 2. The van der Waals surface area contributed by atoms with Crippen molar-refractivity contribution in [2.45, 2.75) is 44.6 Å². The van der Waals surface area contributed by atoms with Crippen molar-refractivity contribution in [3.63, 3.8) is 0 Å². The number of aliphatic hydroxyl groups excluding tert-OH is 2. The predicted octanol–water partition coefficient (Wildman–Crippen LogP) is 1.56. The van der Waals surface area contributed by atoms with E-state index in [0.717, 1.165) is 24.7 Å². The van der Waals surface area contributed by atoms with E-state index in [1.807, 2.05) is 0 Å². The van der Waals surface area contributed by atoms with Crippen LogP contribution >= 0.6 is 0 Å². The van der Waals surface area contributed by atoms with Gasteiger partial charge in [0.2, 0.25) is 0 Å². The molecule has 4 unspecified atom stereocenters. The molecule has 2 aliphatic rings. The lowest BCUT2D eigenvalue weighted by molar-refractivity contribution is 0.0253. The first-order chi connectivity index (χ1) is 6.29. The second kappa shape index (κ2) is 3.97. The van der Waals surface area contributed by atoms with Gasteiger partial charge in [0.15, 0.2) is 0 Å². The Kier molecular flexibility index (Phi) is 2.89. The first-order valence-corrected chi connectivity index (χ1v) is 5.58. The predicted molar refractivity (Wildman–Crippen MR) is 51.3 cm³/mol. The van der Waals surface area contributed by atoms with Gasteiger partial charge in [0, 0.05) is 6.61 Å². The molecule has 2 rings (SSSR count). The minimum Gasteiger partial charge on any atom is -0.396 e. The van der Waals surface area contributed by atoms with Gasteiger partial charge in [-0.25, -0.2) is 0 Å². The van der Waals surface area contributed by atoms with Gasteiger partial charge in [0.1, 0.15) is 0 Å². The Morgan fingerprint density at radius 3 is 2.38 bits per heavy atom. The summed E-state index contributed by atoms with van der Waals surface area (Å²) in [4.78, 5) is 0. The summed E-state index contributed by atoms with van der Waals surface area (Å²) in [5.41, 5.74) is 0. The summed E-state index contributed by atoms with van der Waals surface area (Å²) in [5.74, 6) is 2.11. The number of hydrogen-bond donors (Lipinski definition) is 2. The molecule has 2 N–H and O–H groups in total. The van der Waals surface area contributed by atoms with Crippen LogP contribution in [0.1, 0.15) is 38.5 Å². The molecule has 0 aromatic rings. The fourth-order valence-electron chi connectivity index (χ4n) is 3.13. The first-order valence-electron chi connectivity index (χ1n) is 5.58. The Labute approximate surface area is 80.0 Å². The van der Waals surface area contributed by atoms with E-state index in [4.69, 9.17) is 5.11 Å². The van der Waals surface area contributed by atoms with Gasteiger partial charge < -0.3 is 10.2 Å².